The second kappa shape index (κ2) is 5.93. The van der Waals surface area contributed by atoms with Crippen LogP contribution in [0.2, 0.25) is 0 Å². The van der Waals surface area contributed by atoms with Crippen molar-refractivity contribution in [2.45, 2.75) is 13.8 Å². The lowest BCUT2D eigenvalue weighted by Gasteiger charge is -2.11. The molecular formula is C23H19N. The van der Waals surface area contributed by atoms with Crippen molar-refractivity contribution in [2.75, 3.05) is 0 Å². The standard InChI is InChI=1S/C23H19N/c1-16-7-6-10-19(13-16)23-15-20(18-8-4-3-5-9-18)21-14-17(2)11-12-22(21)24-23/h3-15H,1-2H3. The molecule has 3 aromatic carbocycles. The van der Waals surface area contributed by atoms with Crippen molar-refractivity contribution in [3.63, 3.8) is 0 Å². The number of pyridine rings is 1. The van der Waals surface area contributed by atoms with E-state index in [2.05, 4.69) is 92.7 Å². The zero-order valence-corrected chi connectivity index (χ0v) is 14.0. The first-order chi connectivity index (χ1) is 11.7. The lowest BCUT2D eigenvalue weighted by Crippen LogP contribution is -1.91. The number of rotatable bonds is 2. The average Bonchev–Trinajstić information content (AvgIpc) is 2.61. The largest absolute Gasteiger partial charge is 0.248 e. The van der Waals surface area contributed by atoms with E-state index in [4.69, 9.17) is 4.98 Å². The van der Waals surface area contributed by atoms with Crippen LogP contribution in [0, 0.1) is 13.8 Å². The summed E-state index contributed by atoms with van der Waals surface area (Å²) in [4.78, 5) is 4.91. The number of hydrogen-bond donors (Lipinski definition) is 0. The van der Waals surface area contributed by atoms with Crippen molar-refractivity contribution >= 4 is 10.9 Å². The molecule has 0 aliphatic rings. The van der Waals surface area contributed by atoms with Crippen molar-refractivity contribution in [2.24, 2.45) is 0 Å². The molecule has 24 heavy (non-hydrogen) atoms. The van der Waals surface area contributed by atoms with Crippen molar-refractivity contribution in [3.8, 4) is 22.4 Å². The summed E-state index contributed by atoms with van der Waals surface area (Å²) < 4.78 is 0. The van der Waals surface area contributed by atoms with E-state index in [0.29, 0.717) is 0 Å². The second-order valence-corrected chi connectivity index (χ2v) is 6.31. The first-order valence-electron chi connectivity index (χ1n) is 8.24. The molecule has 4 aromatic rings. The molecule has 4 rings (SSSR count). The van der Waals surface area contributed by atoms with Gasteiger partial charge in [0.1, 0.15) is 0 Å². The lowest BCUT2D eigenvalue weighted by atomic mass is 9.97. The first-order valence-corrected chi connectivity index (χ1v) is 8.24. The van der Waals surface area contributed by atoms with E-state index in [1.165, 1.54) is 27.6 Å². The van der Waals surface area contributed by atoms with Crippen LogP contribution in [0.3, 0.4) is 0 Å². The van der Waals surface area contributed by atoms with Gasteiger partial charge in [-0.3, -0.25) is 0 Å². The molecule has 0 amide bonds. The molecule has 0 unspecified atom stereocenters. The first kappa shape index (κ1) is 14.6. The highest BCUT2D eigenvalue weighted by Crippen LogP contribution is 2.32. The Labute approximate surface area is 142 Å². The third-order valence-electron chi connectivity index (χ3n) is 4.36. The Bertz CT molecular complexity index is 1020. The van der Waals surface area contributed by atoms with Crippen molar-refractivity contribution in [3.05, 3.63) is 90.0 Å². The van der Waals surface area contributed by atoms with Crippen LogP contribution in [-0.4, -0.2) is 4.98 Å². The smallest absolute Gasteiger partial charge is 0.0716 e. The van der Waals surface area contributed by atoms with Gasteiger partial charge >= 0.3 is 0 Å². The molecule has 0 saturated carbocycles. The second-order valence-electron chi connectivity index (χ2n) is 6.31. The van der Waals surface area contributed by atoms with Gasteiger partial charge < -0.3 is 0 Å². The van der Waals surface area contributed by atoms with Crippen molar-refractivity contribution < 1.29 is 0 Å². The van der Waals surface area contributed by atoms with E-state index in [9.17, 15) is 0 Å². The van der Waals surface area contributed by atoms with E-state index in [-0.39, 0.29) is 0 Å². The van der Waals surface area contributed by atoms with Gasteiger partial charge in [-0.15, -0.1) is 0 Å². The molecular weight excluding hydrogens is 290 g/mol. The molecule has 1 heteroatoms. The third kappa shape index (κ3) is 2.69. The summed E-state index contributed by atoms with van der Waals surface area (Å²) in [6.07, 6.45) is 0. The molecule has 0 N–H and O–H groups in total. The summed E-state index contributed by atoms with van der Waals surface area (Å²) >= 11 is 0. The number of benzene rings is 3. The zero-order valence-electron chi connectivity index (χ0n) is 14.0. The SMILES string of the molecule is Cc1cccc(-c2cc(-c3ccccc3)c3cc(C)ccc3n2)c1. The van der Waals surface area contributed by atoms with Gasteiger partial charge in [-0.05, 0) is 49.2 Å². The fourth-order valence-corrected chi connectivity index (χ4v) is 3.15. The van der Waals surface area contributed by atoms with E-state index >= 15 is 0 Å². The number of hydrogen-bond acceptors (Lipinski definition) is 1. The summed E-state index contributed by atoms with van der Waals surface area (Å²) in [5.74, 6) is 0. The fraction of sp³-hybridized carbons (Fsp3) is 0.0870. The predicted octanol–water partition coefficient (Wildman–Crippen LogP) is 6.19. The highest BCUT2D eigenvalue weighted by atomic mass is 14.7. The molecule has 0 spiro atoms. The van der Waals surface area contributed by atoms with Crippen LogP contribution in [-0.2, 0) is 0 Å². The Morgan fingerprint density at radius 2 is 1.38 bits per heavy atom. The van der Waals surface area contributed by atoms with Gasteiger partial charge in [0.2, 0.25) is 0 Å². The highest BCUT2D eigenvalue weighted by molar-refractivity contribution is 5.97. The Hall–Kier alpha value is -2.93. The summed E-state index contributed by atoms with van der Waals surface area (Å²) in [6.45, 7) is 4.24. The normalized spacial score (nSPS) is 10.9. The Balaban J connectivity index is 2.03. The molecule has 0 saturated heterocycles. The molecule has 1 nitrogen and oxygen atoms in total. The van der Waals surface area contributed by atoms with Crippen LogP contribution in [0.25, 0.3) is 33.3 Å². The molecule has 0 aliphatic heterocycles. The number of aromatic nitrogens is 1. The van der Waals surface area contributed by atoms with Crippen molar-refractivity contribution in [1.82, 2.24) is 4.98 Å². The topological polar surface area (TPSA) is 12.9 Å². The predicted molar refractivity (Wildman–Crippen MR) is 102 cm³/mol. The third-order valence-corrected chi connectivity index (χ3v) is 4.36. The molecule has 116 valence electrons. The molecule has 0 bridgehead atoms. The summed E-state index contributed by atoms with van der Waals surface area (Å²) in [6, 6.07) is 27.8. The minimum absolute atomic E-state index is 1.02. The minimum Gasteiger partial charge on any atom is -0.248 e. The Morgan fingerprint density at radius 1 is 0.625 bits per heavy atom. The Morgan fingerprint density at radius 3 is 2.17 bits per heavy atom. The number of aryl methyl sites for hydroxylation is 2. The maximum atomic E-state index is 4.91. The van der Waals surface area contributed by atoms with E-state index in [1.54, 1.807) is 0 Å². The molecule has 0 radical (unpaired) electrons. The average molecular weight is 309 g/mol. The van der Waals surface area contributed by atoms with Crippen LogP contribution in [0.15, 0.2) is 78.9 Å². The minimum atomic E-state index is 1.02. The monoisotopic (exact) mass is 309 g/mol. The van der Waals surface area contributed by atoms with Crippen LogP contribution >= 0.6 is 0 Å². The molecule has 0 atom stereocenters. The highest BCUT2D eigenvalue weighted by Gasteiger charge is 2.10. The maximum absolute atomic E-state index is 4.91. The lowest BCUT2D eigenvalue weighted by molar-refractivity contribution is 1.37. The van der Waals surface area contributed by atoms with Crippen LogP contribution in [0.4, 0.5) is 0 Å². The van der Waals surface area contributed by atoms with E-state index in [1.807, 2.05) is 0 Å². The number of fused-ring (bicyclic) bond motifs is 1. The molecule has 0 aliphatic carbocycles. The molecule has 1 heterocycles. The van der Waals surface area contributed by atoms with Gasteiger partial charge in [-0.1, -0.05) is 65.7 Å². The van der Waals surface area contributed by atoms with E-state index < -0.39 is 0 Å². The van der Waals surface area contributed by atoms with Crippen LogP contribution in [0.1, 0.15) is 11.1 Å². The van der Waals surface area contributed by atoms with Crippen LogP contribution < -0.4 is 0 Å². The van der Waals surface area contributed by atoms with Gasteiger partial charge in [0.25, 0.3) is 0 Å². The maximum Gasteiger partial charge on any atom is 0.0716 e. The quantitative estimate of drug-likeness (QED) is 0.430. The van der Waals surface area contributed by atoms with Gasteiger partial charge in [-0.2, -0.15) is 0 Å². The summed E-state index contributed by atoms with van der Waals surface area (Å²) in [5.41, 5.74) is 8.19. The fourth-order valence-electron chi connectivity index (χ4n) is 3.15. The summed E-state index contributed by atoms with van der Waals surface area (Å²) in [5, 5.41) is 1.21. The van der Waals surface area contributed by atoms with Gasteiger partial charge in [0.05, 0.1) is 11.2 Å². The molecule has 0 fully saturated rings. The van der Waals surface area contributed by atoms with Gasteiger partial charge in [0.15, 0.2) is 0 Å². The molecule has 1 aromatic heterocycles. The Kier molecular flexibility index (Phi) is 3.62. The number of nitrogens with zero attached hydrogens (tertiary/aromatic N) is 1. The zero-order chi connectivity index (χ0) is 16.5. The van der Waals surface area contributed by atoms with Gasteiger partial charge in [0, 0.05) is 10.9 Å². The van der Waals surface area contributed by atoms with Crippen molar-refractivity contribution in [1.29, 1.82) is 0 Å². The van der Waals surface area contributed by atoms with E-state index in [0.717, 1.165) is 16.8 Å². The van der Waals surface area contributed by atoms with Crippen LogP contribution in [0.5, 0.6) is 0 Å². The summed E-state index contributed by atoms with van der Waals surface area (Å²) in [7, 11) is 0. The van der Waals surface area contributed by atoms with Gasteiger partial charge in [-0.25, -0.2) is 4.98 Å².